The first-order valence-electron chi connectivity index (χ1n) is 6.81. The first-order chi connectivity index (χ1) is 8.53. The molecule has 18 heavy (non-hydrogen) atoms. The van der Waals surface area contributed by atoms with Crippen LogP contribution in [0.2, 0.25) is 0 Å². The highest BCUT2D eigenvalue weighted by atomic mass is 32.2. The van der Waals surface area contributed by atoms with E-state index in [9.17, 15) is 13.2 Å². The van der Waals surface area contributed by atoms with Gasteiger partial charge in [-0.3, -0.25) is 4.79 Å². The summed E-state index contributed by atoms with van der Waals surface area (Å²) in [6, 6.07) is -0.439. The predicted molar refractivity (Wildman–Crippen MR) is 69.4 cm³/mol. The standard InChI is InChI=1S/C12H22N2O3S/c1-11(15)12-7-3-6-10-14(12)18(16,17)13-8-4-2-5-9-13/h12H,2-10H2,1H3. The summed E-state index contributed by atoms with van der Waals surface area (Å²) in [7, 11) is -3.43. The molecule has 0 aromatic heterocycles. The van der Waals surface area contributed by atoms with Crippen LogP contribution in [0.1, 0.15) is 45.4 Å². The molecule has 0 spiro atoms. The van der Waals surface area contributed by atoms with Crippen LogP contribution in [-0.4, -0.2) is 48.5 Å². The minimum atomic E-state index is -3.43. The quantitative estimate of drug-likeness (QED) is 0.776. The second-order valence-electron chi connectivity index (χ2n) is 5.20. The average Bonchev–Trinajstić information content (AvgIpc) is 2.39. The van der Waals surface area contributed by atoms with Crippen molar-refractivity contribution in [3.8, 4) is 0 Å². The summed E-state index contributed by atoms with van der Waals surface area (Å²) < 4.78 is 28.1. The number of carbonyl (C=O) groups excluding carboxylic acids is 1. The van der Waals surface area contributed by atoms with E-state index in [0.717, 1.165) is 32.1 Å². The van der Waals surface area contributed by atoms with Crippen LogP contribution in [-0.2, 0) is 15.0 Å². The molecule has 1 atom stereocenters. The van der Waals surface area contributed by atoms with Gasteiger partial charge in [0.15, 0.2) is 0 Å². The molecule has 0 aromatic rings. The van der Waals surface area contributed by atoms with Crippen LogP contribution in [0, 0.1) is 0 Å². The lowest BCUT2D eigenvalue weighted by atomic mass is 10.0. The van der Waals surface area contributed by atoms with Gasteiger partial charge in [0.25, 0.3) is 10.2 Å². The molecule has 0 aromatic carbocycles. The molecule has 104 valence electrons. The molecule has 2 aliphatic heterocycles. The summed E-state index contributed by atoms with van der Waals surface area (Å²) in [6.07, 6.45) is 5.42. The van der Waals surface area contributed by atoms with Crippen LogP contribution >= 0.6 is 0 Å². The largest absolute Gasteiger partial charge is 0.298 e. The molecule has 2 heterocycles. The lowest BCUT2D eigenvalue weighted by Gasteiger charge is -2.37. The van der Waals surface area contributed by atoms with Crippen molar-refractivity contribution in [3.63, 3.8) is 0 Å². The molecule has 2 fully saturated rings. The summed E-state index contributed by atoms with van der Waals surface area (Å²) in [5.41, 5.74) is 0. The third kappa shape index (κ3) is 2.75. The number of nitrogens with zero attached hydrogens (tertiary/aromatic N) is 2. The Labute approximate surface area is 109 Å². The van der Waals surface area contributed by atoms with E-state index in [1.165, 1.54) is 11.2 Å². The van der Waals surface area contributed by atoms with Crippen LogP contribution in [0.5, 0.6) is 0 Å². The van der Waals surface area contributed by atoms with E-state index in [2.05, 4.69) is 0 Å². The number of piperidine rings is 2. The zero-order valence-corrected chi connectivity index (χ0v) is 11.8. The van der Waals surface area contributed by atoms with Crippen molar-refractivity contribution < 1.29 is 13.2 Å². The first kappa shape index (κ1) is 14.0. The Hall–Kier alpha value is -0.460. The molecule has 5 nitrogen and oxygen atoms in total. The van der Waals surface area contributed by atoms with E-state index in [1.54, 1.807) is 4.31 Å². The maximum Gasteiger partial charge on any atom is 0.282 e. The van der Waals surface area contributed by atoms with Gasteiger partial charge in [-0.2, -0.15) is 17.0 Å². The van der Waals surface area contributed by atoms with Gasteiger partial charge >= 0.3 is 0 Å². The first-order valence-corrected chi connectivity index (χ1v) is 8.20. The number of ketones is 1. The minimum Gasteiger partial charge on any atom is -0.298 e. The van der Waals surface area contributed by atoms with Gasteiger partial charge in [-0.1, -0.05) is 12.8 Å². The monoisotopic (exact) mass is 274 g/mol. The highest BCUT2D eigenvalue weighted by molar-refractivity contribution is 7.86. The molecule has 1 unspecified atom stereocenters. The van der Waals surface area contributed by atoms with E-state index >= 15 is 0 Å². The molecule has 0 radical (unpaired) electrons. The summed E-state index contributed by atoms with van der Waals surface area (Å²) in [5, 5.41) is 0. The molecule has 2 aliphatic rings. The topological polar surface area (TPSA) is 57.7 Å². The van der Waals surface area contributed by atoms with E-state index < -0.39 is 16.3 Å². The van der Waals surface area contributed by atoms with Crippen molar-refractivity contribution in [2.24, 2.45) is 0 Å². The Morgan fingerprint density at radius 3 is 2.22 bits per heavy atom. The smallest absolute Gasteiger partial charge is 0.282 e. The number of hydrogen-bond acceptors (Lipinski definition) is 3. The molecule has 0 amide bonds. The van der Waals surface area contributed by atoms with E-state index in [-0.39, 0.29) is 5.78 Å². The van der Waals surface area contributed by atoms with Crippen LogP contribution < -0.4 is 0 Å². The Morgan fingerprint density at radius 2 is 1.61 bits per heavy atom. The second kappa shape index (κ2) is 5.67. The molecule has 2 rings (SSSR count). The number of Topliss-reactive ketones (excluding diaryl/α,β-unsaturated/α-hetero) is 1. The maximum absolute atomic E-state index is 12.6. The fourth-order valence-electron chi connectivity index (χ4n) is 2.83. The fourth-order valence-corrected chi connectivity index (χ4v) is 4.78. The summed E-state index contributed by atoms with van der Waals surface area (Å²) in [5.74, 6) is -0.0321. The molecular formula is C12H22N2O3S. The van der Waals surface area contributed by atoms with Crippen molar-refractivity contribution in [2.75, 3.05) is 19.6 Å². The normalized spacial score (nSPS) is 28.2. The lowest BCUT2D eigenvalue weighted by Crippen LogP contribution is -2.53. The van der Waals surface area contributed by atoms with Crippen LogP contribution in [0.4, 0.5) is 0 Å². The van der Waals surface area contributed by atoms with Crippen molar-refractivity contribution in [3.05, 3.63) is 0 Å². The van der Waals surface area contributed by atoms with Crippen molar-refractivity contribution in [1.29, 1.82) is 0 Å². The van der Waals surface area contributed by atoms with Gasteiger partial charge < -0.3 is 0 Å². The Morgan fingerprint density at radius 1 is 1.00 bits per heavy atom. The van der Waals surface area contributed by atoms with Crippen LogP contribution in [0.25, 0.3) is 0 Å². The van der Waals surface area contributed by atoms with Gasteiger partial charge in [-0.05, 0) is 32.6 Å². The molecule has 0 aliphatic carbocycles. The zero-order chi connectivity index (χ0) is 13.2. The Kier molecular flexibility index (Phi) is 4.40. The third-order valence-electron chi connectivity index (χ3n) is 3.86. The van der Waals surface area contributed by atoms with Gasteiger partial charge in [-0.25, -0.2) is 0 Å². The lowest BCUT2D eigenvalue weighted by molar-refractivity contribution is -0.121. The Balaban J connectivity index is 2.18. The number of rotatable bonds is 3. The van der Waals surface area contributed by atoms with Gasteiger partial charge in [0.2, 0.25) is 0 Å². The zero-order valence-electron chi connectivity index (χ0n) is 11.0. The van der Waals surface area contributed by atoms with E-state index in [4.69, 9.17) is 0 Å². The molecule has 0 saturated carbocycles. The molecule has 0 bridgehead atoms. The van der Waals surface area contributed by atoms with Gasteiger partial charge in [0.05, 0.1) is 6.04 Å². The fraction of sp³-hybridized carbons (Fsp3) is 0.917. The molecule has 2 saturated heterocycles. The van der Waals surface area contributed by atoms with Gasteiger partial charge in [0, 0.05) is 19.6 Å². The van der Waals surface area contributed by atoms with Gasteiger partial charge in [-0.15, -0.1) is 0 Å². The Bertz CT molecular complexity index is 402. The van der Waals surface area contributed by atoms with E-state index in [1.807, 2.05) is 0 Å². The molecule has 6 heteroatoms. The summed E-state index contributed by atoms with van der Waals surface area (Å²) >= 11 is 0. The van der Waals surface area contributed by atoms with Gasteiger partial charge in [0.1, 0.15) is 5.78 Å². The maximum atomic E-state index is 12.6. The predicted octanol–water partition coefficient (Wildman–Crippen LogP) is 1.16. The molecular weight excluding hydrogens is 252 g/mol. The number of carbonyl (C=O) groups is 1. The van der Waals surface area contributed by atoms with Crippen molar-refractivity contribution >= 4 is 16.0 Å². The third-order valence-corrected chi connectivity index (χ3v) is 5.91. The summed E-state index contributed by atoms with van der Waals surface area (Å²) in [6.45, 7) is 3.19. The van der Waals surface area contributed by atoms with Crippen molar-refractivity contribution in [1.82, 2.24) is 8.61 Å². The average molecular weight is 274 g/mol. The van der Waals surface area contributed by atoms with Crippen molar-refractivity contribution in [2.45, 2.75) is 51.5 Å². The highest BCUT2D eigenvalue weighted by Crippen LogP contribution is 2.25. The SMILES string of the molecule is CC(=O)C1CCCCN1S(=O)(=O)N1CCCCC1. The second-order valence-corrected chi connectivity index (χ2v) is 7.08. The minimum absolute atomic E-state index is 0.0321. The number of hydrogen-bond donors (Lipinski definition) is 0. The highest BCUT2D eigenvalue weighted by Gasteiger charge is 2.38. The van der Waals surface area contributed by atoms with Crippen LogP contribution in [0.3, 0.4) is 0 Å². The van der Waals surface area contributed by atoms with Crippen LogP contribution in [0.15, 0.2) is 0 Å². The van der Waals surface area contributed by atoms with E-state index in [0.29, 0.717) is 26.1 Å². The summed E-state index contributed by atoms with van der Waals surface area (Å²) in [4.78, 5) is 11.6. The molecule has 0 N–H and O–H groups in total.